The van der Waals surface area contributed by atoms with Crippen molar-refractivity contribution < 1.29 is 9.47 Å². The molecular formula is C16H20BrN3O2S. The summed E-state index contributed by atoms with van der Waals surface area (Å²) in [5.41, 5.74) is 6.73. The molecule has 0 radical (unpaired) electrons. The summed E-state index contributed by atoms with van der Waals surface area (Å²) >= 11 is 8.62. The van der Waals surface area contributed by atoms with Crippen molar-refractivity contribution in [2.75, 3.05) is 20.8 Å². The predicted octanol–water partition coefficient (Wildman–Crippen LogP) is 2.51. The molecule has 23 heavy (non-hydrogen) atoms. The fourth-order valence-electron chi connectivity index (χ4n) is 2.36. The van der Waals surface area contributed by atoms with E-state index in [0.29, 0.717) is 0 Å². The van der Waals surface area contributed by atoms with E-state index in [4.69, 9.17) is 27.4 Å². The Morgan fingerprint density at radius 1 is 1.35 bits per heavy atom. The summed E-state index contributed by atoms with van der Waals surface area (Å²) in [6.07, 6.45) is 8.63. The van der Waals surface area contributed by atoms with Crippen LogP contribution in [0.5, 0.6) is 11.5 Å². The Kier molecular flexibility index (Phi) is 5.90. The third-order valence-electron chi connectivity index (χ3n) is 3.53. The molecule has 5 nitrogen and oxygen atoms in total. The van der Waals surface area contributed by atoms with Gasteiger partial charge in [-0.3, -0.25) is 0 Å². The van der Waals surface area contributed by atoms with Gasteiger partial charge in [0.25, 0.3) is 0 Å². The summed E-state index contributed by atoms with van der Waals surface area (Å²) in [6, 6.07) is 5.83. The Hall–Kier alpha value is -1.73. The molecule has 0 aliphatic carbocycles. The first-order valence-electron chi connectivity index (χ1n) is 7.08. The maximum atomic E-state index is 5.63. The average molecular weight is 398 g/mol. The van der Waals surface area contributed by atoms with Gasteiger partial charge in [0.2, 0.25) is 0 Å². The summed E-state index contributed by atoms with van der Waals surface area (Å²) < 4.78 is 10.1. The number of nitrogens with zero attached hydrogens (tertiary/aromatic N) is 1. The number of hydrogen-bond acceptors (Lipinski definition) is 4. The van der Waals surface area contributed by atoms with Crippen molar-refractivity contribution in [2.24, 2.45) is 5.73 Å². The maximum Gasteiger partial charge on any atom is 0.189 e. The summed E-state index contributed by atoms with van der Waals surface area (Å²) in [5, 5.41) is 3.28. The van der Waals surface area contributed by atoms with Gasteiger partial charge in [0.15, 0.2) is 9.68 Å². The molecular weight excluding hydrogens is 378 g/mol. The average Bonchev–Trinajstić information content (AvgIpc) is 2.53. The lowest BCUT2D eigenvalue weighted by Crippen LogP contribution is -2.55. The number of rotatable bonds is 6. The highest BCUT2D eigenvalue weighted by atomic mass is 79.9. The summed E-state index contributed by atoms with van der Waals surface area (Å²) in [6.45, 7) is 0.740. The Morgan fingerprint density at radius 2 is 2.13 bits per heavy atom. The molecule has 0 bridgehead atoms. The van der Waals surface area contributed by atoms with Crippen molar-refractivity contribution in [3.63, 3.8) is 0 Å². The lowest BCUT2D eigenvalue weighted by molar-refractivity contribution is 0.277. The van der Waals surface area contributed by atoms with E-state index in [9.17, 15) is 0 Å². The van der Waals surface area contributed by atoms with Gasteiger partial charge >= 0.3 is 0 Å². The normalized spacial score (nSPS) is 19.5. The van der Waals surface area contributed by atoms with E-state index in [2.05, 4.69) is 26.1 Å². The number of methoxy groups -OCH3 is 2. The Bertz CT molecular complexity index is 636. The zero-order valence-electron chi connectivity index (χ0n) is 13.1. The Balaban J connectivity index is 2.11. The molecule has 0 saturated heterocycles. The molecule has 0 amide bonds. The van der Waals surface area contributed by atoms with E-state index >= 15 is 0 Å². The second kappa shape index (κ2) is 7.70. The molecule has 1 aliphatic heterocycles. The molecule has 0 spiro atoms. The Morgan fingerprint density at radius 3 is 2.78 bits per heavy atom. The van der Waals surface area contributed by atoms with Crippen LogP contribution in [0, 0.1) is 0 Å². The minimum absolute atomic E-state index is 0.230. The van der Waals surface area contributed by atoms with Crippen LogP contribution in [0.25, 0.3) is 0 Å². The van der Waals surface area contributed by atoms with Crippen LogP contribution in [0.2, 0.25) is 0 Å². The van der Waals surface area contributed by atoms with E-state index in [1.165, 1.54) is 0 Å². The minimum atomic E-state index is -0.618. The van der Waals surface area contributed by atoms with Crippen molar-refractivity contribution in [2.45, 2.75) is 11.0 Å². The molecule has 1 atom stereocenters. The summed E-state index contributed by atoms with van der Waals surface area (Å²) in [4.78, 5) is 2.08. The van der Waals surface area contributed by atoms with Gasteiger partial charge in [-0.15, -0.1) is 0 Å². The number of alkyl halides is 1. The molecule has 1 aromatic rings. The van der Waals surface area contributed by atoms with E-state index < -0.39 is 4.57 Å². The molecule has 0 aromatic heterocycles. The van der Waals surface area contributed by atoms with Crippen LogP contribution in [0.4, 0.5) is 0 Å². The van der Waals surface area contributed by atoms with Crippen LogP contribution < -0.4 is 20.5 Å². The smallest absolute Gasteiger partial charge is 0.189 e. The quantitative estimate of drug-likeness (QED) is 0.436. The zero-order chi connectivity index (χ0) is 16.9. The maximum absolute atomic E-state index is 5.63. The highest BCUT2D eigenvalue weighted by Crippen LogP contribution is 2.28. The van der Waals surface area contributed by atoms with Gasteiger partial charge in [-0.1, -0.05) is 12.1 Å². The molecule has 1 heterocycles. The third kappa shape index (κ3) is 4.39. The van der Waals surface area contributed by atoms with Crippen LogP contribution in [-0.4, -0.2) is 35.3 Å². The zero-order valence-corrected chi connectivity index (χ0v) is 15.5. The van der Waals surface area contributed by atoms with Gasteiger partial charge < -0.3 is 25.4 Å². The Labute approximate surface area is 150 Å². The minimum Gasteiger partial charge on any atom is -0.497 e. The summed E-state index contributed by atoms with van der Waals surface area (Å²) in [7, 11) is 3.30. The number of nitrogens with one attached hydrogen (secondary N) is 1. The van der Waals surface area contributed by atoms with Crippen LogP contribution in [0.1, 0.15) is 5.56 Å². The molecule has 0 fully saturated rings. The molecule has 0 saturated carbocycles. The van der Waals surface area contributed by atoms with Crippen LogP contribution >= 0.6 is 28.1 Å². The van der Waals surface area contributed by atoms with E-state index in [1.54, 1.807) is 14.2 Å². The van der Waals surface area contributed by atoms with Crippen LogP contribution in [0.15, 0.2) is 42.6 Å². The number of ether oxygens (including phenoxy) is 2. The first-order valence-corrected chi connectivity index (χ1v) is 8.29. The van der Waals surface area contributed by atoms with Gasteiger partial charge in [0.1, 0.15) is 11.5 Å². The van der Waals surface area contributed by atoms with Crippen molar-refractivity contribution in [1.29, 1.82) is 0 Å². The number of hydrogen-bond donors (Lipinski definition) is 2. The number of thiocarbonyl (C=S) groups is 1. The monoisotopic (exact) mass is 397 g/mol. The number of nitrogens with two attached hydrogens (primary N) is 1. The topological polar surface area (TPSA) is 59.8 Å². The predicted molar refractivity (Wildman–Crippen MR) is 99.8 cm³/mol. The molecule has 1 aliphatic rings. The second-order valence-electron chi connectivity index (χ2n) is 4.98. The van der Waals surface area contributed by atoms with Crippen LogP contribution in [-0.2, 0) is 6.42 Å². The molecule has 3 N–H and O–H groups in total. The van der Waals surface area contributed by atoms with Gasteiger partial charge in [-0.25, -0.2) is 0 Å². The molecule has 7 heteroatoms. The lowest BCUT2D eigenvalue weighted by atomic mass is 10.1. The molecule has 2 rings (SSSR count). The summed E-state index contributed by atoms with van der Waals surface area (Å²) in [5.74, 6) is 1.58. The van der Waals surface area contributed by atoms with Crippen molar-refractivity contribution in [1.82, 2.24) is 10.2 Å². The van der Waals surface area contributed by atoms with Crippen molar-refractivity contribution in [3.8, 4) is 11.5 Å². The first kappa shape index (κ1) is 17.6. The van der Waals surface area contributed by atoms with Crippen molar-refractivity contribution in [3.05, 3.63) is 48.2 Å². The molecule has 124 valence electrons. The fourth-order valence-corrected chi connectivity index (χ4v) is 3.31. The van der Waals surface area contributed by atoms with E-state index in [0.717, 1.165) is 30.0 Å². The molecule has 1 aromatic carbocycles. The van der Waals surface area contributed by atoms with Gasteiger partial charge in [-0.05, 0) is 58.4 Å². The van der Waals surface area contributed by atoms with Gasteiger partial charge in [-0.2, -0.15) is 0 Å². The van der Waals surface area contributed by atoms with Crippen molar-refractivity contribution >= 4 is 33.3 Å². The number of benzene rings is 1. The fraction of sp³-hybridized carbons (Fsp3) is 0.312. The second-order valence-corrected chi connectivity index (χ2v) is 6.63. The van der Waals surface area contributed by atoms with Gasteiger partial charge in [0.05, 0.1) is 14.2 Å². The highest BCUT2D eigenvalue weighted by Gasteiger charge is 2.30. The number of allylic oxidation sites excluding steroid dienone is 2. The van der Waals surface area contributed by atoms with E-state index in [1.807, 2.05) is 42.6 Å². The van der Waals surface area contributed by atoms with E-state index in [-0.39, 0.29) is 5.11 Å². The molecule has 1 unspecified atom stereocenters. The highest BCUT2D eigenvalue weighted by molar-refractivity contribution is 9.10. The SMILES string of the molecule is COc1ccc(CCN2C=CC=CC2(Br)NC(N)=S)c(OC)c1. The standard InChI is InChI=1S/C16H20BrN3O2S/c1-21-13-6-5-12(14(11-13)22-2)7-10-20-9-4-3-8-16(20,17)19-15(18)23/h3-6,8-9,11H,7,10H2,1-2H3,(H3,18,19,23). The first-order chi connectivity index (χ1) is 11.0. The third-order valence-corrected chi connectivity index (χ3v) is 4.55. The van der Waals surface area contributed by atoms with Gasteiger partial charge in [0, 0.05) is 18.8 Å². The largest absolute Gasteiger partial charge is 0.497 e. The number of halogens is 1. The lowest BCUT2D eigenvalue weighted by Gasteiger charge is -2.39. The van der Waals surface area contributed by atoms with Crippen LogP contribution in [0.3, 0.4) is 0 Å².